The van der Waals surface area contributed by atoms with E-state index in [0.29, 0.717) is 41.8 Å². The van der Waals surface area contributed by atoms with Crippen LogP contribution >= 0.6 is 11.6 Å². The molecular weight excluding hydrogens is 388 g/mol. The molecule has 0 saturated heterocycles. The van der Waals surface area contributed by atoms with Gasteiger partial charge in [-0.05, 0) is 56.7 Å². The Labute approximate surface area is 174 Å². The molecule has 2 aromatic heterocycles. The van der Waals surface area contributed by atoms with Gasteiger partial charge in [-0.1, -0.05) is 23.7 Å². The van der Waals surface area contributed by atoms with Crippen LogP contribution in [0.4, 0.5) is 16.3 Å². The fourth-order valence-electron chi connectivity index (χ4n) is 3.36. The number of hydrogen-bond acceptors (Lipinski definition) is 4. The Bertz CT molecular complexity index is 1050. The zero-order valence-corrected chi connectivity index (χ0v) is 17.0. The molecule has 0 fully saturated rings. The van der Waals surface area contributed by atoms with E-state index in [-0.39, 0.29) is 6.03 Å². The number of benzene rings is 1. The number of anilines is 2. The average Bonchev–Trinajstić information content (AvgIpc) is 2.89. The van der Waals surface area contributed by atoms with Crippen LogP contribution in [0.3, 0.4) is 0 Å². The molecule has 1 aliphatic rings. The number of pyridine rings is 2. The van der Waals surface area contributed by atoms with Crippen molar-refractivity contribution in [2.75, 3.05) is 23.4 Å². The normalized spacial score (nSPS) is 13.3. The number of nitrogens with one attached hydrogen (secondary N) is 1. The molecule has 2 amide bonds. The molecule has 4 rings (SSSR count). The Balaban J connectivity index is 1.68. The fraction of sp³-hybridized carbons (Fsp3) is 0.227. The maximum atomic E-state index is 13.1. The Morgan fingerprint density at radius 2 is 1.90 bits per heavy atom. The monoisotopic (exact) mass is 408 g/mol. The predicted molar refractivity (Wildman–Crippen MR) is 115 cm³/mol. The fourth-order valence-corrected chi connectivity index (χ4v) is 3.55. The van der Waals surface area contributed by atoms with Crippen molar-refractivity contribution in [3.63, 3.8) is 0 Å². The number of carbonyl (C=O) groups is 1. The number of nitrogens with zero attached hydrogens (tertiary/aromatic N) is 3. The lowest BCUT2D eigenvalue weighted by molar-refractivity contribution is 0.256. The van der Waals surface area contributed by atoms with Gasteiger partial charge in [-0.2, -0.15) is 0 Å². The summed E-state index contributed by atoms with van der Waals surface area (Å²) in [5, 5.41) is 3.59. The number of fused-ring (bicyclic) bond motifs is 1. The van der Waals surface area contributed by atoms with Gasteiger partial charge >= 0.3 is 6.03 Å². The minimum absolute atomic E-state index is 0.252. The lowest BCUT2D eigenvalue weighted by atomic mass is 10.1. The molecule has 0 unspecified atom stereocenters. The summed E-state index contributed by atoms with van der Waals surface area (Å²) in [6.45, 7) is 4.84. The molecule has 0 radical (unpaired) electrons. The van der Waals surface area contributed by atoms with Crippen LogP contribution in [0.5, 0.6) is 5.75 Å². The molecule has 3 aromatic rings. The van der Waals surface area contributed by atoms with Crippen molar-refractivity contribution in [1.82, 2.24) is 9.97 Å². The standard InChI is InChI=1S/C22H21ClN4O2/c1-14-11-18(12-15(2)24-14)25-22(28)27-9-4-10-29-20-8-7-19(26-21(20)27)16-5-3-6-17(23)13-16/h3,5-8,11-13H,4,9-10H2,1-2H3,(H,24,25,28). The first-order valence-electron chi connectivity index (χ1n) is 9.43. The van der Waals surface area contributed by atoms with Gasteiger partial charge in [-0.3, -0.25) is 9.88 Å². The highest BCUT2D eigenvalue weighted by Crippen LogP contribution is 2.33. The summed E-state index contributed by atoms with van der Waals surface area (Å²) in [7, 11) is 0. The summed E-state index contributed by atoms with van der Waals surface area (Å²) in [5.41, 5.74) is 4.01. The second-order valence-corrected chi connectivity index (χ2v) is 7.39. The van der Waals surface area contributed by atoms with Crippen LogP contribution in [0.1, 0.15) is 17.8 Å². The lowest BCUT2D eigenvalue weighted by Gasteiger charge is -2.22. The molecule has 148 valence electrons. The highest BCUT2D eigenvalue weighted by atomic mass is 35.5. The number of amides is 2. The maximum Gasteiger partial charge on any atom is 0.327 e. The number of hydrogen-bond donors (Lipinski definition) is 1. The molecular formula is C22H21ClN4O2. The number of ether oxygens (including phenoxy) is 1. The quantitative estimate of drug-likeness (QED) is 0.630. The molecule has 0 atom stereocenters. The zero-order chi connectivity index (χ0) is 20.4. The highest BCUT2D eigenvalue weighted by molar-refractivity contribution is 6.30. The number of carbonyl (C=O) groups excluding carboxylic acids is 1. The van der Waals surface area contributed by atoms with Crippen molar-refractivity contribution >= 4 is 29.1 Å². The summed E-state index contributed by atoms with van der Waals surface area (Å²) >= 11 is 6.13. The third-order valence-corrected chi connectivity index (χ3v) is 4.81. The first-order valence-corrected chi connectivity index (χ1v) is 9.81. The molecule has 1 N–H and O–H groups in total. The van der Waals surface area contributed by atoms with Gasteiger partial charge < -0.3 is 10.1 Å². The van der Waals surface area contributed by atoms with E-state index in [0.717, 1.165) is 22.6 Å². The number of aromatic nitrogens is 2. The van der Waals surface area contributed by atoms with E-state index in [4.69, 9.17) is 21.3 Å². The predicted octanol–water partition coefficient (Wildman–Crippen LogP) is 5.23. The van der Waals surface area contributed by atoms with Crippen LogP contribution in [0.2, 0.25) is 5.02 Å². The molecule has 0 spiro atoms. The summed E-state index contributed by atoms with van der Waals surface area (Å²) in [4.78, 5) is 23.8. The third-order valence-electron chi connectivity index (χ3n) is 4.58. The number of aryl methyl sites for hydroxylation is 2. The molecule has 1 aliphatic heterocycles. The number of halogens is 1. The first kappa shape index (κ1) is 19.2. The summed E-state index contributed by atoms with van der Waals surface area (Å²) in [5.74, 6) is 1.09. The van der Waals surface area contributed by atoms with Crippen LogP contribution in [0.15, 0.2) is 48.5 Å². The summed E-state index contributed by atoms with van der Waals surface area (Å²) < 4.78 is 5.81. The molecule has 3 heterocycles. The van der Waals surface area contributed by atoms with Crippen molar-refractivity contribution in [2.24, 2.45) is 0 Å². The molecule has 7 heteroatoms. The SMILES string of the molecule is Cc1cc(NC(=O)N2CCCOc3ccc(-c4cccc(Cl)c4)nc32)cc(C)n1. The minimum Gasteiger partial charge on any atom is -0.490 e. The Hall–Kier alpha value is -3.12. The van der Waals surface area contributed by atoms with Gasteiger partial charge in [-0.25, -0.2) is 9.78 Å². The molecule has 0 bridgehead atoms. The van der Waals surface area contributed by atoms with E-state index < -0.39 is 0 Å². The van der Waals surface area contributed by atoms with Gasteiger partial charge in [0.1, 0.15) is 0 Å². The van der Waals surface area contributed by atoms with Crippen LogP contribution in [0.25, 0.3) is 11.3 Å². The van der Waals surface area contributed by atoms with Crippen LogP contribution < -0.4 is 15.0 Å². The second kappa shape index (κ2) is 8.09. The van der Waals surface area contributed by atoms with E-state index in [2.05, 4.69) is 10.3 Å². The number of urea groups is 1. The van der Waals surface area contributed by atoms with Crippen molar-refractivity contribution in [3.8, 4) is 17.0 Å². The van der Waals surface area contributed by atoms with E-state index in [1.54, 1.807) is 4.90 Å². The molecule has 6 nitrogen and oxygen atoms in total. The summed E-state index contributed by atoms with van der Waals surface area (Å²) in [6, 6.07) is 14.6. The van der Waals surface area contributed by atoms with Crippen LogP contribution in [0, 0.1) is 13.8 Å². The van der Waals surface area contributed by atoms with Gasteiger partial charge in [0.25, 0.3) is 0 Å². The van der Waals surface area contributed by atoms with Gasteiger partial charge in [0, 0.05) is 34.2 Å². The Morgan fingerprint density at radius 3 is 2.66 bits per heavy atom. The van der Waals surface area contributed by atoms with Gasteiger partial charge in [0.05, 0.1) is 12.3 Å². The van der Waals surface area contributed by atoms with Crippen molar-refractivity contribution in [1.29, 1.82) is 0 Å². The molecule has 0 saturated carbocycles. The second-order valence-electron chi connectivity index (χ2n) is 6.95. The highest BCUT2D eigenvalue weighted by Gasteiger charge is 2.24. The number of rotatable bonds is 2. The third kappa shape index (κ3) is 4.32. The zero-order valence-electron chi connectivity index (χ0n) is 16.3. The van der Waals surface area contributed by atoms with E-state index in [1.165, 1.54) is 0 Å². The van der Waals surface area contributed by atoms with E-state index in [1.807, 2.05) is 62.4 Å². The lowest BCUT2D eigenvalue weighted by Crippen LogP contribution is -2.36. The van der Waals surface area contributed by atoms with Gasteiger partial charge in [-0.15, -0.1) is 0 Å². The van der Waals surface area contributed by atoms with Crippen molar-refractivity contribution in [2.45, 2.75) is 20.3 Å². The first-order chi connectivity index (χ1) is 14.0. The summed E-state index contributed by atoms with van der Waals surface area (Å²) in [6.07, 6.45) is 0.713. The van der Waals surface area contributed by atoms with Gasteiger partial charge in [0.2, 0.25) is 0 Å². The Kier molecular flexibility index (Phi) is 5.36. The minimum atomic E-state index is -0.252. The van der Waals surface area contributed by atoms with Crippen molar-refractivity contribution < 1.29 is 9.53 Å². The molecule has 0 aliphatic carbocycles. The molecule has 29 heavy (non-hydrogen) atoms. The smallest absolute Gasteiger partial charge is 0.327 e. The van der Waals surface area contributed by atoms with E-state index >= 15 is 0 Å². The van der Waals surface area contributed by atoms with E-state index in [9.17, 15) is 4.79 Å². The van der Waals surface area contributed by atoms with Crippen molar-refractivity contribution in [3.05, 3.63) is 64.9 Å². The Morgan fingerprint density at radius 1 is 1.10 bits per heavy atom. The van der Waals surface area contributed by atoms with Crippen LogP contribution in [-0.4, -0.2) is 29.2 Å². The molecule has 1 aromatic carbocycles. The topological polar surface area (TPSA) is 67.4 Å². The largest absolute Gasteiger partial charge is 0.490 e. The van der Waals surface area contributed by atoms with Gasteiger partial charge in [0.15, 0.2) is 11.6 Å². The average molecular weight is 409 g/mol. The maximum absolute atomic E-state index is 13.1. The van der Waals surface area contributed by atoms with Crippen LogP contribution in [-0.2, 0) is 0 Å².